The second kappa shape index (κ2) is 9.29. The lowest BCUT2D eigenvalue weighted by molar-refractivity contribution is 0.0956. The number of nitrogens with one attached hydrogen (secondary N) is 1. The molecule has 1 amide bonds. The number of halogens is 1. The molecule has 5 heteroatoms. The molecule has 1 N–H and O–H groups in total. The first-order chi connectivity index (χ1) is 11.2. The summed E-state index contributed by atoms with van der Waals surface area (Å²) in [5, 5.41) is 2.79. The molecule has 0 aliphatic rings. The van der Waals surface area contributed by atoms with Gasteiger partial charge in [-0.2, -0.15) is 0 Å². The number of ether oxygens (including phenoxy) is 1. The molecule has 0 spiro atoms. The number of amides is 1. The third kappa shape index (κ3) is 5.66. The van der Waals surface area contributed by atoms with Crippen molar-refractivity contribution >= 4 is 33.6 Å². The molecule has 2 aromatic rings. The van der Waals surface area contributed by atoms with Gasteiger partial charge in [0.05, 0.1) is 12.1 Å². The van der Waals surface area contributed by atoms with E-state index in [2.05, 4.69) is 33.1 Å². The summed E-state index contributed by atoms with van der Waals surface area (Å²) < 4.78 is 6.46. The second-order valence-corrected chi connectivity index (χ2v) is 6.25. The zero-order valence-electron chi connectivity index (χ0n) is 12.6. The number of hydrogen-bond donors (Lipinski definition) is 1. The lowest BCUT2D eigenvalue weighted by Crippen LogP contribution is -2.24. The van der Waals surface area contributed by atoms with Gasteiger partial charge in [-0.1, -0.05) is 46.0 Å². The van der Waals surface area contributed by atoms with Gasteiger partial charge in [0.15, 0.2) is 0 Å². The van der Waals surface area contributed by atoms with Crippen LogP contribution >= 0.6 is 27.7 Å². The van der Waals surface area contributed by atoms with Crippen LogP contribution in [0, 0.1) is 11.8 Å². The number of benzene rings is 2. The fourth-order valence-corrected chi connectivity index (χ4v) is 2.82. The summed E-state index contributed by atoms with van der Waals surface area (Å²) in [6, 6.07) is 15.1. The second-order valence-electron chi connectivity index (χ2n) is 4.48. The first-order valence-electron chi connectivity index (χ1n) is 6.96. The first-order valence-corrected chi connectivity index (χ1v) is 8.98. The Bertz CT molecular complexity index is 737. The monoisotopic (exact) mass is 389 g/mol. The molecule has 0 unspecified atom stereocenters. The predicted octanol–water partition coefficient (Wildman–Crippen LogP) is 3.98. The van der Waals surface area contributed by atoms with Crippen molar-refractivity contribution < 1.29 is 9.53 Å². The lowest BCUT2D eigenvalue weighted by Gasteiger charge is -2.06. The molecule has 0 saturated heterocycles. The van der Waals surface area contributed by atoms with Gasteiger partial charge >= 0.3 is 0 Å². The number of rotatable bonds is 5. The van der Waals surface area contributed by atoms with Gasteiger partial charge < -0.3 is 10.1 Å². The fraction of sp³-hybridized carbons (Fsp3) is 0.167. The largest absolute Gasteiger partial charge is 0.481 e. The molecule has 0 saturated carbocycles. The maximum absolute atomic E-state index is 12.1. The minimum atomic E-state index is -0.114. The quantitative estimate of drug-likeness (QED) is 0.620. The van der Waals surface area contributed by atoms with Crippen molar-refractivity contribution in [2.75, 3.05) is 19.4 Å². The van der Waals surface area contributed by atoms with E-state index in [0.717, 1.165) is 15.1 Å². The molecule has 0 bridgehead atoms. The van der Waals surface area contributed by atoms with E-state index < -0.39 is 0 Å². The van der Waals surface area contributed by atoms with Crippen molar-refractivity contribution in [3.05, 3.63) is 58.6 Å². The molecule has 0 aliphatic heterocycles. The highest BCUT2D eigenvalue weighted by Gasteiger charge is 2.08. The third-order valence-electron chi connectivity index (χ3n) is 2.92. The number of hydrogen-bond acceptors (Lipinski definition) is 3. The van der Waals surface area contributed by atoms with Crippen molar-refractivity contribution in [1.29, 1.82) is 0 Å². The van der Waals surface area contributed by atoms with Crippen LogP contribution in [-0.4, -0.2) is 25.3 Å². The molecule has 0 aromatic heterocycles. The van der Waals surface area contributed by atoms with Gasteiger partial charge in [-0.05, 0) is 36.6 Å². The van der Waals surface area contributed by atoms with Gasteiger partial charge in [0.25, 0.3) is 5.91 Å². The summed E-state index contributed by atoms with van der Waals surface area (Å²) in [7, 11) is 0. The van der Waals surface area contributed by atoms with Gasteiger partial charge in [-0.3, -0.25) is 4.79 Å². The van der Waals surface area contributed by atoms with Crippen LogP contribution < -0.4 is 10.1 Å². The molecular formula is C18H16BrNO2S. The van der Waals surface area contributed by atoms with Crippen LogP contribution in [0.2, 0.25) is 0 Å². The minimum absolute atomic E-state index is 0.114. The SMILES string of the molecule is CSc1ccccc1C(=O)NCC#CCOc1cccc(Br)c1. The molecular weight excluding hydrogens is 374 g/mol. The normalized spacial score (nSPS) is 9.65. The highest BCUT2D eigenvalue weighted by atomic mass is 79.9. The average Bonchev–Trinajstić information content (AvgIpc) is 2.57. The molecule has 0 aliphatic carbocycles. The molecule has 2 rings (SSSR count). The predicted molar refractivity (Wildman–Crippen MR) is 98.0 cm³/mol. The van der Waals surface area contributed by atoms with Crippen LogP contribution in [0.15, 0.2) is 57.9 Å². The van der Waals surface area contributed by atoms with Gasteiger partial charge in [0.2, 0.25) is 0 Å². The van der Waals surface area contributed by atoms with Gasteiger partial charge in [0.1, 0.15) is 12.4 Å². The van der Waals surface area contributed by atoms with E-state index in [1.165, 1.54) is 0 Å². The average molecular weight is 390 g/mol. The van der Waals surface area contributed by atoms with Crippen LogP contribution in [0.25, 0.3) is 0 Å². The summed E-state index contributed by atoms with van der Waals surface area (Å²) in [6.45, 7) is 0.580. The van der Waals surface area contributed by atoms with Crippen LogP contribution in [0.3, 0.4) is 0 Å². The van der Waals surface area contributed by atoms with E-state index in [4.69, 9.17) is 4.74 Å². The van der Waals surface area contributed by atoms with E-state index >= 15 is 0 Å². The summed E-state index contributed by atoms with van der Waals surface area (Å²) in [5.74, 6) is 6.41. The summed E-state index contributed by atoms with van der Waals surface area (Å²) in [5.41, 5.74) is 0.673. The van der Waals surface area contributed by atoms with Gasteiger partial charge in [0, 0.05) is 9.37 Å². The first kappa shape index (κ1) is 17.5. The summed E-state index contributed by atoms with van der Waals surface area (Å²) in [6.07, 6.45) is 1.95. The Kier molecular flexibility index (Phi) is 7.05. The Hall–Kier alpha value is -1.90. The van der Waals surface area contributed by atoms with E-state index in [1.54, 1.807) is 11.8 Å². The Morgan fingerprint density at radius 1 is 1.22 bits per heavy atom. The molecule has 23 heavy (non-hydrogen) atoms. The van der Waals surface area contributed by atoms with Crippen molar-refractivity contribution in [2.24, 2.45) is 0 Å². The number of carbonyl (C=O) groups is 1. The molecule has 0 fully saturated rings. The summed E-state index contributed by atoms with van der Waals surface area (Å²) >= 11 is 4.93. The fourth-order valence-electron chi connectivity index (χ4n) is 1.84. The van der Waals surface area contributed by atoms with E-state index in [-0.39, 0.29) is 12.5 Å². The molecule has 0 heterocycles. The van der Waals surface area contributed by atoms with Gasteiger partial charge in [-0.25, -0.2) is 0 Å². The maximum atomic E-state index is 12.1. The van der Waals surface area contributed by atoms with Crippen LogP contribution in [-0.2, 0) is 0 Å². The van der Waals surface area contributed by atoms with Crippen molar-refractivity contribution in [2.45, 2.75) is 4.90 Å². The van der Waals surface area contributed by atoms with Crippen molar-refractivity contribution in [3.8, 4) is 17.6 Å². The zero-order chi connectivity index (χ0) is 16.5. The lowest BCUT2D eigenvalue weighted by atomic mass is 10.2. The molecule has 2 aromatic carbocycles. The Labute approximate surface area is 148 Å². The Morgan fingerprint density at radius 2 is 2.04 bits per heavy atom. The molecule has 118 valence electrons. The van der Waals surface area contributed by atoms with E-state index in [1.807, 2.05) is 54.8 Å². The Balaban J connectivity index is 1.78. The van der Waals surface area contributed by atoms with Crippen molar-refractivity contribution in [1.82, 2.24) is 5.32 Å². The Morgan fingerprint density at radius 3 is 2.83 bits per heavy atom. The van der Waals surface area contributed by atoms with E-state index in [0.29, 0.717) is 12.1 Å². The van der Waals surface area contributed by atoms with Crippen LogP contribution in [0.1, 0.15) is 10.4 Å². The smallest absolute Gasteiger partial charge is 0.253 e. The standard InChI is InChI=1S/C18H16BrNO2S/c1-23-17-10-3-2-9-16(17)18(21)20-11-4-5-12-22-15-8-6-7-14(19)13-15/h2-3,6-10,13H,11-12H2,1H3,(H,20,21). The van der Waals surface area contributed by atoms with Crippen LogP contribution in [0.4, 0.5) is 0 Å². The van der Waals surface area contributed by atoms with Crippen molar-refractivity contribution in [3.63, 3.8) is 0 Å². The minimum Gasteiger partial charge on any atom is -0.481 e. The van der Waals surface area contributed by atoms with Crippen LogP contribution in [0.5, 0.6) is 5.75 Å². The topological polar surface area (TPSA) is 38.3 Å². The highest BCUT2D eigenvalue weighted by molar-refractivity contribution is 9.10. The third-order valence-corrected chi connectivity index (χ3v) is 4.21. The maximum Gasteiger partial charge on any atom is 0.253 e. The molecule has 0 atom stereocenters. The molecule has 0 radical (unpaired) electrons. The number of thioether (sulfide) groups is 1. The zero-order valence-corrected chi connectivity index (χ0v) is 15.0. The number of carbonyl (C=O) groups excluding carboxylic acids is 1. The summed E-state index contributed by atoms with van der Waals surface area (Å²) in [4.78, 5) is 13.0. The van der Waals surface area contributed by atoms with E-state index in [9.17, 15) is 4.79 Å². The highest BCUT2D eigenvalue weighted by Crippen LogP contribution is 2.19. The van der Waals surface area contributed by atoms with Gasteiger partial charge in [-0.15, -0.1) is 11.8 Å². The molecule has 3 nitrogen and oxygen atoms in total.